The van der Waals surface area contributed by atoms with Crippen LogP contribution in [0.2, 0.25) is 0 Å². The van der Waals surface area contributed by atoms with Gasteiger partial charge in [-0.2, -0.15) is 5.26 Å². The van der Waals surface area contributed by atoms with Gasteiger partial charge in [-0.3, -0.25) is 0 Å². The van der Waals surface area contributed by atoms with Crippen molar-refractivity contribution in [3.05, 3.63) is 69.5 Å². The fourth-order valence-electron chi connectivity index (χ4n) is 5.02. The van der Waals surface area contributed by atoms with Gasteiger partial charge in [0.2, 0.25) is 0 Å². The van der Waals surface area contributed by atoms with Crippen LogP contribution in [0.1, 0.15) is 69.4 Å². The van der Waals surface area contributed by atoms with Crippen molar-refractivity contribution in [2.24, 2.45) is 0 Å². The molecule has 0 amide bonds. The van der Waals surface area contributed by atoms with Gasteiger partial charge in [0.25, 0.3) is 0 Å². The van der Waals surface area contributed by atoms with Gasteiger partial charge in [0.05, 0.1) is 24.7 Å². The summed E-state index contributed by atoms with van der Waals surface area (Å²) in [7, 11) is 1.69. The third-order valence-corrected chi connectivity index (χ3v) is 10.2. The first-order valence-electron chi connectivity index (χ1n) is 12.9. The van der Waals surface area contributed by atoms with Crippen LogP contribution in [-0.2, 0) is 11.8 Å². The minimum absolute atomic E-state index is 0.243. The Hall–Kier alpha value is -2.03. The van der Waals surface area contributed by atoms with Crippen molar-refractivity contribution >= 4 is 23.5 Å². The SMILES string of the molecule is COc1ccc(C(C#N)(CCC(C)=C2SCCCS2)CCc2ccccc2)cc1OC1CCCC1. The standard InChI is InChI=1S/C30H37NO2S2/c1-23(29-34-19-8-20-35-29)15-17-30(22-31,18-16-24-9-4-3-5-10-24)25-13-14-27(32-2)28(21-25)33-26-11-6-7-12-26/h3-5,9-10,13-14,21,26H,6-8,11-12,15-20H2,1-2H3. The van der Waals surface area contributed by atoms with E-state index in [1.165, 1.54) is 46.1 Å². The molecule has 0 aromatic heterocycles. The molecule has 1 atom stereocenters. The molecule has 0 N–H and O–H groups in total. The molecule has 3 nitrogen and oxygen atoms in total. The second-order valence-corrected chi connectivity index (χ2v) is 12.2. The lowest BCUT2D eigenvalue weighted by Gasteiger charge is -2.29. The number of hydrogen-bond donors (Lipinski definition) is 0. The van der Waals surface area contributed by atoms with E-state index in [0.717, 1.165) is 55.6 Å². The van der Waals surface area contributed by atoms with Crippen molar-refractivity contribution in [3.8, 4) is 17.6 Å². The van der Waals surface area contributed by atoms with Gasteiger partial charge in [-0.25, -0.2) is 0 Å². The third kappa shape index (κ3) is 6.80. The molecule has 2 fully saturated rings. The van der Waals surface area contributed by atoms with E-state index in [4.69, 9.17) is 9.47 Å². The normalized spacial score (nSPS) is 18.0. The number of benzene rings is 2. The first kappa shape index (κ1) is 26.0. The van der Waals surface area contributed by atoms with Gasteiger partial charge in [0.15, 0.2) is 11.5 Å². The number of aryl methyl sites for hydroxylation is 1. The van der Waals surface area contributed by atoms with E-state index in [1.807, 2.05) is 35.7 Å². The number of thioether (sulfide) groups is 2. The molecule has 35 heavy (non-hydrogen) atoms. The van der Waals surface area contributed by atoms with E-state index >= 15 is 0 Å². The molecule has 2 aromatic carbocycles. The van der Waals surface area contributed by atoms with E-state index in [1.54, 1.807) is 7.11 Å². The summed E-state index contributed by atoms with van der Waals surface area (Å²) >= 11 is 3.97. The molecule has 4 rings (SSSR count). The van der Waals surface area contributed by atoms with Crippen LogP contribution in [0.3, 0.4) is 0 Å². The minimum Gasteiger partial charge on any atom is -0.493 e. The van der Waals surface area contributed by atoms with Crippen molar-refractivity contribution in [1.29, 1.82) is 5.26 Å². The average molecular weight is 508 g/mol. The highest BCUT2D eigenvalue weighted by Crippen LogP contribution is 2.43. The molecule has 186 valence electrons. The van der Waals surface area contributed by atoms with Crippen molar-refractivity contribution < 1.29 is 9.47 Å². The maximum Gasteiger partial charge on any atom is 0.161 e. The monoisotopic (exact) mass is 507 g/mol. The first-order chi connectivity index (χ1) is 17.1. The van der Waals surface area contributed by atoms with Crippen LogP contribution in [0.5, 0.6) is 11.5 Å². The second kappa shape index (κ2) is 12.8. The Kier molecular flexibility index (Phi) is 9.52. The lowest BCUT2D eigenvalue weighted by atomic mass is 9.73. The van der Waals surface area contributed by atoms with Crippen molar-refractivity contribution in [1.82, 2.24) is 0 Å². The number of nitrogens with zero attached hydrogens (tertiary/aromatic N) is 1. The molecule has 2 aromatic rings. The van der Waals surface area contributed by atoms with Crippen LogP contribution >= 0.6 is 23.5 Å². The summed E-state index contributed by atoms with van der Waals surface area (Å²) in [6.07, 6.45) is 9.54. The molecular weight excluding hydrogens is 470 g/mol. The van der Waals surface area contributed by atoms with E-state index < -0.39 is 5.41 Å². The number of methoxy groups -OCH3 is 1. The molecule has 0 radical (unpaired) electrons. The molecule has 1 aliphatic carbocycles. The summed E-state index contributed by atoms with van der Waals surface area (Å²) in [4.78, 5) is 0. The van der Waals surface area contributed by atoms with Gasteiger partial charge >= 0.3 is 0 Å². The Balaban J connectivity index is 1.63. The Bertz CT molecular complexity index is 1030. The molecule has 1 unspecified atom stereocenters. The number of hydrogen-bond acceptors (Lipinski definition) is 5. The Morgan fingerprint density at radius 1 is 1.00 bits per heavy atom. The van der Waals surface area contributed by atoms with Gasteiger partial charge in [-0.05, 0) is 99.5 Å². The molecule has 0 bridgehead atoms. The Morgan fingerprint density at radius 2 is 1.74 bits per heavy atom. The highest BCUT2D eigenvalue weighted by molar-refractivity contribution is 8.22. The maximum absolute atomic E-state index is 10.7. The molecule has 2 aliphatic rings. The highest BCUT2D eigenvalue weighted by atomic mass is 32.2. The average Bonchev–Trinajstić information content (AvgIpc) is 3.43. The van der Waals surface area contributed by atoms with Crippen LogP contribution in [0, 0.1) is 11.3 Å². The molecule has 1 aliphatic heterocycles. The summed E-state index contributed by atoms with van der Waals surface area (Å²) < 4.78 is 13.5. The molecular formula is C30H37NO2S2. The van der Waals surface area contributed by atoms with E-state index in [2.05, 4.69) is 49.4 Å². The topological polar surface area (TPSA) is 42.2 Å². The molecule has 1 heterocycles. The fourth-order valence-corrected chi connectivity index (χ4v) is 7.69. The number of rotatable bonds is 10. The molecule has 5 heteroatoms. The number of ether oxygens (including phenoxy) is 2. The minimum atomic E-state index is -0.582. The molecule has 0 spiro atoms. The van der Waals surface area contributed by atoms with E-state index in [0.29, 0.717) is 0 Å². The van der Waals surface area contributed by atoms with Crippen LogP contribution in [0.25, 0.3) is 0 Å². The smallest absolute Gasteiger partial charge is 0.161 e. The molecule has 1 saturated carbocycles. The first-order valence-corrected chi connectivity index (χ1v) is 14.9. The summed E-state index contributed by atoms with van der Waals surface area (Å²) in [6.45, 7) is 2.25. The van der Waals surface area contributed by atoms with Gasteiger partial charge < -0.3 is 9.47 Å². The van der Waals surface area contributed by atoms with Gasteiger partial charge in [-0.1, -0.05) is 42.0 Å². The Morgan fingerprint density at radius 3 is 2.43 bits per heavy atom. The van der Waals surface area contributed by atoms with Crippen molar-refractivity contribution in [2.45, 2.75) is 76.2 Å². The summed E-state index contributed by atoms with van der Waals surface area (Å²) in [5, 5.41) is 10.7. The summed E-state index contributed by atoms with van der Waals surface area (Å²) in [5.74, 6) is 3.95. The number of allylic oxidation sites excluding steroid dienone is 1. The summed E-state index contributed by atoms with van der Waals surface area (Å²) in [5.41, 5.74) is 3.17. The van der Waals surface area contributed by atoms with Crippen molar-refractivity contribution in [3.63, 3.8) is 0 Å². The van der Waals surface area contributed by atoms with Crippen LogP contribution in [-0.4, -0.2) is 24.7 Å². The van der Waals surface area contributed by atoms with Gasteiger partial charge in [-0.15, -0.1) is 23.5 Å². The zero-order valence-corrected chi connectivity index (χ0v) is 22.7. The van der Waals surface area contributed by atoms with Crippen LogP contribution in [0.15, 0.2) is 58.3 Å². The maximum atomic E-state index is 10.7. The lowest BCUT2D eigenvalue weighted by Crippen LogP contribution is -2.26. The zero-order valence-electron chi connectivity index (χ0n) is 21.1. The van der Waals surface area contributed by atoms with Crippen LogP contribution in [0.4, 0.5) is 0 Å². The third-order valence-electron chi connectivity index (χ3n) is 7.24. The highest BCUT2D eigenvalue weighted by Gasteiger charge is 2.33. The van der Waals surface area contributed by atoms with Gasteiger partial charge in [0, 0.05) is 4.24 Å². The van der Waals surface area contributed by atoms with Gasteiger partial charge in [0.1, 0.15) is 0 Å². The number of nitriles is 1. The van der Waals surface area contributed by atoms with Crippen molar-refractivity contribution in [2.75, 3.05) is 18.6 Å². The summed E-state index contributed by atoms with van der Waals surface area (Å²) in [6, 6.07) is 19.5. The quantitative estimate of drug-likeness (QED) is 0.323. The van der Waals surface area contributed by atoms with E-state index in [9.17, 15) is 5.26 Å². The molecule has 1 saturated heterocycles. The zero-order chi connectivity index (χ0) is 24.5. The lowest BCUT2D eigenvalue weighted by molar-refractivity contribution is 0.200. The largest absolute Gasteiger partial charge is 0.493 e. The fraction of sp³-hybridized carbons (Fsp3) is 0.500. The predicted molar refractivity (Wildman–Crippen MR) is 149 cm³/mol. The van der Waals surface area contributed by atoms with E-state index in [-0.39, 0.29) is 6.10 Å². The predicted octanol–water partition coefficient (Wildman–Crippen LogP) is 8.29. The Labute approximate surface area is 219 Å². The van der Waals surface area contributed by atoms with Crippen LogP contribution < -0.4 is 9.47 Å². The second-order valence-electron chi connectivity index (χ2n) is 9.69.